The molecule has 4 aromatic rings. The molecule has 2 aliphatic heterocycles. The first-order chi connectivity index (χ1) is 31.9. The van der Waals surface area contributed by atoms with E-state index in [1.165, 1.54) is 97.1 Å². The van der Waals surface area contributed by atoms with E-state index >= 15 is 0 Å². The zero-order valence-corrected chi connectivity index (χ0v) is 34.5. The van der Waals surface area contributed by atoms with Crippen molar-refractivity contribution in [1.82, 2.24) is 0 Å². The lowest BCUT2D eigenvalue weighted by Gasteiger charge is -2.17. The molecule has 2 heterocycles. The number of hydrogen-bond donors (Lipinski definition) is 0. The largest absolute Gasteiger partial charge is 0.513 e. The second kappa shape index (κ2) is 22.8. The fraction of sp³-hybridized carbons (Fsp3) is 0.217. The van der Waals surface area contributed by atoms with E-state index in [-0.39, 0.29) is 84.9 Å². The lowest BCUT2D eigenvalue weighted by atomic mass is 10.1. The molecule has 0 N–H and O–H groups in total. The lowest BCUT2D eigenvalue weighted by molar-refractivity contribution is -0.139. The smallest absolute Gasteiger partial charge is 0.459 e. The van der Waals surface area contributed by atoms with Gasteiger partial charge in [0.25, 0.3) is 0 Å². The minimum atomic E-state index is -1.05. The number of carbonyl (C=O) groups excluding carboxylic acids is 8. The van der Waals surface area contributed by atoms with Crippen LogP contribution in [0.15, 0.2) is 122 Å². The first-order valence-corrected chi connectivity index (χ1v) is 19.7. The summed E-state index contributed by atoms with van der Waals surface area (Å²) in [4.78, 5) is 97.1. The van der Waals surface area contributed by atoms with Gasteiger partial charge in [0.2, 0.25) is 0 Å². The van der Waals surface area contributed by atoms with Crippen LogP contribution in [-0.4, -0.2) is 112 Å². The topological polar surface area (TPSA) is 247 Å². The molecule has 1 unspecified atom stereocenters. The average molecular weight is 911 g/mol. The molecular weight excluding hydrogens is 872 g/mol. The Labute approximate surface area is 374 Å². The molecule has 66 heavy (non-hydrogen) atoms. The Hall–Kier alpha value is -8.36. The van der Waals surface area contributed by atoms with E-state index in [1.807, 2.05) is 0 Å². The van der Waals surface area contributed by atoms with Gasteiger partial charge < -0.3 is 56.8 Å². The van der Waals surface area contributed by atoms with E-state index in [4.69, 9.17) is 47.4 Å². The molecule has 2 saturated heterocycles. The van der Waals surface area contributed by atoms with Crippen LogP contribution in [0, 0.1) is 0 Å². The molecule has 0 bridgehead atoms. The van der Waals surface area contributed by atoms with Gasteiger partial charge in [-0.2, -0.15) is 0 Å². The Morgan fingerprint density at radius 3 is 1.03 bits per heavy atom. The summed E-state index contributed by atoms with van der Waals surface area (Å²) in [6.07, 6.45) is -3.24. The normalized spacial score (nSPS) is 16.8. The van der Waals surface area contributed by atoms with Crippen LogP contribution in [0.2, 0.25) is 0 Å². The van der Waals surface area contributed by atoms with Crippen LogP contribution in [0.5, 0.6) is 23.0 Å². The van der Waals surface area contributed by atoms with Gasteiger partial charge in [0.05, 0.1) is 35.5 Å². The van der Waals surface area contributed by atoms with Gasteiger partial charge in [-0.3, -0.25) is 0 Å². The fourth-order valence-corrected chi connectivity index (χ4v) is 5.91. The number of esters is 6. The molecule has 0 spiro atoms. The summed E-state index contributed by atoms with van der Waals surface area (Å²) in [5.41, 5.74) is 0.551. The van der Waals surface area contributed by atoms with Crippen molar-refractivity contribution in [3.63, 3.8) is 0 Å². The van der Waals surface area contributed by atoms with Crippen LogP contribution in [0.3, 0.4) is 0 Å². The van der Waals surface area contributed by atoms with E-state index in [0.717, 1.165) is 12.2 Å². The third-order valence-electron chi connectivity index (χ3n) is 9.09. The van der Waals surface area contributed by atoms with E-state index in [9.17, 15) is 38.4 Å². The predicted molar refractivity (Wildman–Crippen MR) is 220 cm³/mol. The Balaban J connectivity index is 0.900. The second-order valence-electron chi connectivity index (χ2n) is 13.5. The summed E-state index contributed by atoms with van der Waals surface area (Å²) >= 11 is 0. The molecule has 2 fully saturated rings. The lowest BCUT2D eigenvalue weighted by Crippen LogP contribution is -2.36. The standard InChI is InChI=1S/C46H38O20/c1-3-37(47)55-21-23-57-45(53)63-33-17-9-27(10-18-33)41(49)61-31-13-5-29(6-14-31)43(51)65-35-25-59-40-36(26-60-39(35)40)66-44(52)30-7-15-32(16-8-30)62-42(50)28-11-19-34(20-12-28)64-46(54)58-24-22-56-38(48)4-2/h3-20,35-36,39-40H,1-2,21-26H2/t35-,36?,39+,40+/m0/s1. The summed E-state index contributed by atoms with van der Waals surface area (Å²) in [6.45, 7) is 5.61. The Morgan fingerprint density at radius 2 is 0.712 bits per heavy atom. The second-order valence-corrected chi connectivity index (χ2v) is 13.5. The average Bonchev–Trinajstić information content (AvgIpc) is 3.92. The maximum absolute atomic E-state index is 13.0. The Bertz CT molecular complexity index is 2250. The number of carbonyl (C=O) groups is 8. The van der Waals surface area contributed by atoms with Gasteiger partial charge in [0.1, 0.15) is 61.6 Å². The first-order valence-electron chi connectivity index (χ1n) is 19.7. The van der Waals surface area contributed by atoms with Gasteiger partial charge in [-0.05, 0) is 97.1 Å². The summed E-state index contributed by atoms with van der Waals surface area (Å²) in [5, 5.41) is 0. The molecule has 0 amide bonds. The zero-order chi connectivity index (χ0) is 47.0. The molecule has 4 aromatic carbocycles. The van der Waals surface area contributed by atoms with E-state index in [0.29, 0.717) is 0 Å². The van der Waals surface area contributed by atoms with Crippen molar-refractivity contribution in [3.8, 4) is 23.0 Å². The van der Waals surface area contributed by atoms with Gasteiger partial charge in [0, 0.05) is 12.2 Å². The van der Waals surface area contributed by atoms with Crippen LogP contribution in [0.25, 0.3) is 0 Å². The van der Waals surface area contributed by atoms with Crippen molar-refractivity contribution in [1.29, 1.82) is 0 Å². The summed E-state index contributed by atoms with van der Waals surface area (Å²) in [5.74, 6) is -3.79. The van der Waals surface area contributed by atoms with Crippen molar-refractivity contribution in [2.24, 2.45) is 0 Å². The Morgan fingerprint density at radius 1 is 0.424 bits per heavy atom. The van der Waals surface area contributed by atoms with Gasteiger partial charge in [-0.25, -0.2) is 38.4 Å². The third-order valence-corrected chi connectivity index (χ3v) is 9.09. The monoisotopic (exact) mass is 910 g/mol. The van der Waals surface area contributed by atoms with Crippen LogP contribution in [0.4, 0.5) is 9.59 Å². The van der Waals surface area contributed by atoms with Gasteiger partial charge in [-0.1, -0.05) is 13.2 Å². The molecule has 342 valence electrons. The molecule has 0 radical (unpaired) electrons. The summed E-state index contributed by atoms with van der Waals surface area (Å²) in [6, 6.07) is 22.0. The highest BCUT2D eigenvalue weighted by Crippen LogP contribution is 2.32. The molecule has 0 aromatic heterocycles. The molecule has 0 saturated carbocycles. The minimum absolute atomic E-state index is 0.0258. The highest BCUT2D eigenvalue weighted by atomic mass is 16.7. The predicted octanol–water partition coefficient (Wildman–Crippen LogP) is 5.16. The van der Waals surface area contributed by atoms with E-state index in [1.54, 1.807) is 0 Å². The Kier molecular flexibility index (Phi) is 16.3. The highest BCUT2D eigenvalue weighted by Gasteiger charge is 2.51. The fourth-order valence-electron chi connectivity index (χ4n) is 5.91. The number of fused-ring (bicyclic) bond motifs is 1. The minimum Gasteiger partial charge on any atom is -0.459 e. The molecule has 20 heteroatoms. The van der Waals surface area contributed by atoms with Crippen LogP contribution < -0.4 is 18.9 Å². The maximum Gasteiger partial charge on any atom is 0.513 e. The van der Waals surface area contributed by atoms with Crippen molar-refractivity contribution in [2.75, 3.05) is 39.6 Å². The van der Waals surface area contributed by atoms with Gasteiger partial charge in [0.15, 0.2) is 12.2 Å². The number of hydrogen-bond acceptors (Lipinski definition) is 20. The molecular formula is C46H38O20. The SMILES string of the molecule is C=CC(=O)OCCOC(=O)Oc1ccc(C(=O)Oc2ccc(C(=O)OC3CO[C@@H]4[C@@H](OC(=O)c5ccc(OC(=O)c6ccc(OC(=O)OCCOC(=O)C=C)cc6)cc5)CO[C@H]34)cc2)cc1. The van der Waals surface area contributed by atoms with Gasteiger partial charge >= 0.3 is 48.1 Å². The van der Waals surface area contributed by atoms with Gasteiger partial charge in [-0.15, -0.1) is 0 Å². The van der Waals surface area contributed by atoms with Crippen molar-refractivity contribution >= 4 is 48.1 Å². The van der Waals surface area contributed by atoms with Crippen molar-refractivity contribution < 1.29 is 95.2 Å². The third kappa shape index (κ3) is 13.3. The summed E-state index contributed by atoms with van der Waals surface area (Å²) in [7, 11) is 0. The van der Waals surface area contributed by atoms with Crippen LogP contribution in [-0.2, 0) is 47.5 Å². The number of ether oxygens (including phenoxy) is 12. The van der Waals surface area contributed by atoms with Crippen molar-refractivity contribution in [3.05, 3.63) is 145 Å². The molecule has 6 rings (SSSR count). The van der Waals surface area contributed by atoms with Crippen LogP contribution >= 0.6 is 0 Å². The highest BCUT2D eigenvalue weighted by molar-refractivity contribution is 5.93. The molecule has 20 nitrogen and oxygen atoms in total. The molecule has 2 aliphatic rings. The summed E-state index contributed by atoms with van der Waals surface area (Å²) < 4.78 is 62.7. The zero-order valence-electron chi connectivity index (χ0n) is 34.5. The molecule has 4 atom stereocenters. The quantitative estimate of drug-likeness (QED) is 0.0312. The van der Waals surface area contributed by atoms with E-state index < -0.39 is 72.5 Å². The number of rotatable bonds is 18. The maximum atomic E-state index is 13.0. The van der Waals surface area contributed by atoms with Crippen LogP contribution in [0.1, 0.15) is 41.4 Å². The molecule has 0 aliphatic carbocycles. The number of benzene rings is 4. The first kappa shape index (κ1) is 47.1. The van der Waals surface area contributed by atoms with E-state index in [2.05, 4.69) is 22.6 Å². The van der Waals surface area contributed by atoms with Crippen molar-refractivity contribution in [2.45, 2.75) is 24.4 Å².